The molecule has 0 amide bonds. The van der Waals surface area contributed by atoms with Crippen molar-refractivity contribution in [1.82, 2.24) is 15.1 Å². The Hall–Kier alpha value is -2.34. The predicted octanol–water partition coefficient (Wildman–Crippen LogP) is 2.31. The van der Waals surface area contributed by atoms with Gasteiger partial charge in [0.1, 0.15) is 5.75 Å². The number of aromatic nitrogens is 2. The van der Waals surface area contributed by atoms with Gasteiger partial charge < -0.3 is 14.4 Å². The summed E-state index contributed by atoms with van der Waals surface area (Å²) in [4.78, 5) is 14.2. The summed E-state index contributed by atoms with van der Waals surface area (Å²) >= 11 is 0. The van der Waals surface area contributed by atoms with E-state index in [0.29, 0.717) is 12.2 Å². The lowest BCUT2D eigenvalue weighted by molar-refractivity contribution is 0.263. The van der Waals surface area contributed by atoms with Crippen molar-refractivity contribution in [2.24, 2.45) is 0 Å². The lowest BCUT2D eigenvalue weighted by Crippen LogP contribution is -2.21. The van der Waals surface area contributed by atoms with Crippen LogP contribution in [0.1, 0.15) is 19.3 Å². The van der Waals surface area contributed by atoms with Gasteiger partial charge in [0, 0.05) is 12.1 Å². The first-order chi connectivity index (χ1) is 11.8. The standard InChI is InChI=1S/C18H23N3O3/c1-23-17-16(13-19-20-18(17)22)14-5-7-15(8-6-14)24-12-4-11-21-9-2-3-10-21/h5-8,13H,2-4,9-12H2,1H3,(H,20,22). The molecule has 24 heavy (non-hydrogen) atoms. The zero-order chi connectivity index (χ0) is 16.8. The van der Waals surface area contributed by atoms with E-state index in [1.165, 1.54) is 33.0 Å². The molecule has 2 aromatic rings. The van der Waals surface area contributed by atoms with Crippen molar-refractivity contribution in [3.05, 3.63) is 40.8 Å². The number of rotatable bonds is 7. The maximum Gasteiger partial charge on any atom is 0.307 e. The summed E-state index contributed by atoms with van der Waals surface area (Å²) in [6, 6.07) is 7.64. The van der Waals surface area contributed by atoms with Crippen LogP contribution in [0.25, 0.3) is 11.1 Å². The number of hydrogen-bond acceptors (Lipinski definition) is 5. The van der Waals surface area contributed by atoms with Gasteiger partial charge in [-0.15, -0.1) is 0 Å². The Balaban J connectivity index is 1.57. The van der Waals surface area contributed by atoms with Gasteiger partial charge in [-0.1, -0.05) is 12.1 Å². The molecular formula is C18H23N3O3. The van der Waals surface area contributed by atoms with Gasteiger partial charge in [-0.05, 0) is 50.0 Å². The Morgan fingerprint density at radius 1 is 1.21 bits per heavy atom. The molecule has 1 N–H and O–H groups in total. The number of benzene rings is 1. The lowest BCUT2D eigenvalue weighted by atomic mass is 10.1. The van der Waals surface area contributed by atoms with Gasteiger partial charge in [0.25, 0.3) is 0 Å². The number of nitrogens with zero attached hydrogens (tertiary/aromatic N) is 2. The van der Waals surface area contributed by atoms with Crippen LogP contribution in [0.4, 0.5) is 0 Å². The number of likely N-dealkylation sites (tertiary alicyclic amines) is 1. The molecule has 1 aromatic heterocycles. The fourth-order valence-corrected chi connectivity index (χ4v) is 3.01. The normalized spacial score (nSPS) is 14.7. The quantitative estimate of drug-likeness (QED) is 0.790. The molecule has 2 heterocycles. The first-order valence-electron chi connectivity index (χ1n) is 8.35. The average molecular weight is 329 g/mol. The smallest absolute Gasteiger partial charge is 0.307 e. The van der Waals surface area contributed by atoms with E-state index >= 15 is 0 Å². The Bertz CT molecular complexity index is 706. The summed E-state index contributed by atoms with van der Waals surface area (Å²) in [7, 11) is 1.48. The Morgan fingerprint density at radius 2 is 1.96 bits per heavy atom. The van der Waals surface area contributed by atoms with Crippen LogP contribution in [-0.2, 0) is 0 Å². The maximum atomic E-state index is 11.7. The monoisotopic (exact) mass is 329 g/mol. The Kier molecular flexibility index (Phi) is 5.48. The van der Waals surface area contributed by atoms with Crippen molar-refractivity contribution in [1.29, 1.82) is 0 Å². The molecule has 1 fully saturated rings. The molecule has 1 aliphatic heterocycles. The molecule has 1 aromatic carbocycles. The van der Waals surface area contributed by atoms with E-state index < -0.39 is 0 Å². The fourth-order valence-electron chi connectivity index (χ4n) is 3.01. The molecule has 0 unspecified atom stereocenters. The van der Waals surface area contributed by atoms with Gasteiger partial charge in [-0.25, -0.2) is 5.10 Å². The predicted molar refractivity (Wildman–Crippen MR) is 92.6 cm³/mol. The van der Waals surface area contributed by atoms with Gasteiger partial charge in [-0.3, -0.25) is 4.79 Å². The minimum absolute atomic E-state index is 0.268. The molecule has 0 aliphatic carbocycles. The number of methoxy groups -OCH3 is 1. The van der Waals surface area contributed by atoms with E-state index in [2.05, 4.69) is 15.1 Å². The number of aromatic amines is 1. The van der Waals surface area contributed by atoms with Gasteiger partial charge >= 0.3 is 5.56 Å². The molecule has 128 valence electrons. The van der Waals surface area contributed by atoms with Crippen LogP contribution < -0.4 is 15.0 Å². The van der Waals surface area contributed by atoms with Gasteiger partial charge in [0.2, 0.25) is 0 Å². The number of ether oxygens (including phenoxy) is 2. The highest BCUT2D eigenvalue weighted by atomic mass is 16.5. The largest absolute Gasteiger partial charge is 0.494 e. The Morgan fingerprint density at radius 3 is 2.67 bits per heavy atom. The molecule has 3 rings (SSSR count). The van der Waals surface area contributed by atoms with Crippen LogP contribution in [0.3, 0.4) is 0 Å². The van der Waals surface area contributed by atoms with E-state index in [0.717, 1.165) is 24.3 Å². The van der Waals surface area contributed by atoms with E-state index in [1.807, 2.05) is 24.3 Å². The molecule has 1 saturated heterocycles. The molecule has 0 atom stereocenters. The number of nitrogens with one attached hydrogen (secondary N) is 1. The second-order valence-corrected chi connectivity index (χ2v) is 5.92. The molecule has 0 radical (unpaired) electrons. The van der Waals surface area contributed by atoms with Crippen molar-refractivity contribution in [3.8, 4) is 22.6 Å². The third kappa shape index (κ3) is 3.94. The van der Waals surface area contributed by atoms with E-state index in [-0.39, 0.29) is 11.3 Å². The maximum absolute atomic E-state index is 11.7. The summed E-state index contributed by atoms with van der Waals surface area (Å²) in [5, 5.41) is 6.21. The minimum atomic E-state index is -0.336. The zero-order valence-electron chi connectivity index (χ0n) is 14.0. The fraction of sp³-hybridized carbons (Fsp3) is 0.444. The van der Waals surface area contributed by atoms with Crippen molar-refractivity contribution in [2.75, 3.05) is 33.4 Å². The van der Waals surface area contributed by atoms with Crippen molar-refractivity contribution < 1.29 is 9.47 Å². The SMILES string of the molecule is COc1c(-c2ccc(OCCCN3CCCC3)cc2)cn[nH]c1=O. The van der Waals surface area contributed by atoms with Gasteiger partial charge in [0.15, 0.2) is 5.75 Å². The van der Waals surface area contributed by atoms with E-state index in [9.17, 15) is 4.79 Å². The molecule has 0 spiro atoms. The second kappa shape index (κ2) is 7.97. The van der Waals surface area contributed by atoms with Crippen LogP contribution >= 0.6 is 0 Å². The number of H-pyrrole nitrogens is 1. The molecule has 0 saturated carbocycles. The summed E-state index contributed by atoms with van der Waals surface area (Å²) in [5.41, 5.74) is 1.20. The average Bonchev–Trinajstić information content (AvgIpc) is 3.12. The Labute approximate surface area is 141 Å². The highest BCUT2D eigenvalue weighted by Gasteiger charge is 2.11. The third-order valence-corrected chi connectivity index (χ3v) is 4.27. The molecule has 6 nitrogen and oxygen atoms in total. The highest BCUT2D eigenvalue weighted by Crippen LogP contribution is 2.27. The summed E-state index contributed by atoms with van der Waals surface area (Å²) in [6.07, 6.45) is 5.27. The van der Waals surface area contributed by atoms with Crippen LogP contribution in [0, 0.1) is 0 Å². The van der Waals surface area contributed by atoms with Crippen LogP contribution in [0.15, 0.2) is 35.3 Å². The summed E-state index contributed by atoms with van der Waals surface area (Å²) < 4.78 is 11.0. The second-order valence-electron chi connectivity index (χ2n) is 5.92. The summed E-state index contributed by atoms with van der Waals surface area (Å²) in [6.45, 7) is 4.26. The molecule has 6 heteroatoms. The highest BCUT2D eigenvalue weighted by molar-refractivity contribution is 5.69. The van der Waals surface area contributed by atoms with E-state index in [4.69, 9.17) is 9.47 Å². The van der Waals surface area contributed by atoms with Crippen LogP contribution in [0.2, 0.25) is 0 Å². The topological polar surface area (TPSA) is 67.5 Å². The molecular weight excluding hydrogens is 306 g/mol. The van der Waals surface area contributed by atoms with E-state index in [1.54, 1.807) is 6.20 Å². The van der Waals surface area contributed by atoms with Gasteiger partial charge in [0.05, 0.1) is 19.9 Å². The van der Waals surface area contributed by atoms with Gasteiger partial charge in [-0.2, -0.15) is 5.10 Å². The van der Waals surface area contributed by atoms with Crippen molar-refractivity contribution in [2.45, 2.75) is 19.3 Å². The van der Waals surface area contributed by atoms with Crippen molar-refractivity contribution in [3.63, 3.8) is 0 Å². The zero-order valence-corrected chi connectivity index (χ0v) is 14.0. The van der Waals surface area contributed by atoms with Crippen LogP contribution in [0.5, 0.6) is 11.5 Å². The first-order valence-corrected chi connectivity index (χ1v) is 8.35. The lowest BCUT2D eigenvalue weighted by Gasteiger charge is -2.14. The first kappa shape index (κ1) is 16.5. The number of hydrogen-bond donors (Lipinski definition) is 1. The van der Waals surface area contributed by atoms with Crippen molar-refractivity contribution >= 4 is 0 Å². The minimum Gasteiger partial charge on any atom is -0.494 e. The van der Waals surface area contributed by atoms with Crippen LogP contribution in [-0.4, -0.2) is 48.4 Å². The third-order valence-electron chi connectivity index (χ3n) is 4.27. The molecule has 0 bridgehead atoms. The molecule has 1 aliphatic rings. The summed E-state index contributed by atoms with van der Waals surface area (Å²) in [5.74, 6) is 1.10.